The molecular formula is C17H17N5O3. The van der Waals surface area contributed by atoms with Gasteiger partial charge in [-0.15, -0.1) is 5.10 Å². The number of fused-ring (bicyclic) bond motifs is 2. The van der Waals surface area contributed by atoms with Crippen LogP contribution >= 0.6 is 0 Å². The summed E-state index contributed by atoms with van der Waals surface area (Å²) in [5.41, 5.74) is 2.20. The van der Waals surface area contributed by atoms with Crippen molar-refractivity contribution < 1.29 is 14.3 Å². The van der Waals surface area contributed by atoms with Gasteiger partial charge in [0.1, 0.15) is 11.5 Å². The average molecular weight is 339 g/mol. The molecular weight excluding hydrogens is 322 g/mol. The molecule has 2 aromatic heterocycles. The Bertz CT molecular complexity index is 924. The second-order valence-corrected chi connectivity index (χ2v) is 5.96. The van der Waals surface area contributed by atoms with Crippen LogP contribution in [0.4, 0.5) is 0 Å². The van der Waals surface area contributed by atoms with Crippen molar-refractivity contribution in [3.8, 4) is 11.5 Å². The molecule has 0 spiro atoms. The number of amides is 1. The zero-order chi connectivity index (χ0) is 17.2. The first-order valence-corrected chi connectivity index (χ1v) is 7.98. The van der Waals surface area contributed by atoms with Crippen molar-refractivity contribution >= 4 is 11.6 Å². The van der Waals surface area contributed by atoms with Gasteiger partial charge in [0, 0.05) is 30.3 Å². The van der Waals surface area contributed by atoms with E-state index in [0.717, 1.165) is 23.5 Å². The summed E-state index contributed by atoms with van der Waals surface area (Å²) in [5.74, 6) is 1.71. The average Bonchev–Trinajstić information content (AvgIpc) is 3.13. The summed E-state index contributed by atoms with van der Waals surface area (Å²) in [6.07, 6.45) is 2.52. The normalized spacial score (nSPS) is 16.1. The second kappa shape index (κ2) is 6.39. The SMILES string of the molecule is COc1ccc2c(c1)OC[C@H](CNC(=O)c1ccn3nnnc3c1)C2. The second-order valence-electron chi connectivity index (χ2n) is 5.96. The maximum absolute atomic E-state index is 12.3. The first kappa shape index (κ1) is 15.4. The quantitative estimate of drug-likeness (QED) is 0.766. The molecule has 1 aliphatic rings. The predicted octanol–water partition coefficient (Wildman–Crippen LogP) is 1.11. The number of hydrogen-bond acceptors (Lipinski definition) is 6. The van der Waals surface area contributed by atoms with E-state index >= 15 is 0 Å². The Hall–Kier alpha value is -3.16. The Morgan fingerprint density at radius 3 is 3.20 bits per heavy atom. The third-order valence-corrected chi connectivity index (χ3v) is 4.27. The van der Waals surface area contributed by atoms with Crippen LogP contribution in [0, 0.1) is 5.92 Å². The first-order chi connectivity index (χ1) is 12.2. The van der Waals surface area contributed by atoms with E-state index in [1.807, 2.05) is 18.2 Å². The van der Waals surface area contributed by atoms with Gasteiger partial charge in [0.2, 0.25) is 0 Å². The van der Waals surface area contributed by atoms with Crippen molar-refractivity contribution in [2.75, 3.05) is 20.3 Å². The molecule has 1 amide bonds. The van der Waals surface area contributed by atoms with Gasteiger partial charge in [-0.25, -0.2) is 4.52 Å². The molecule has 1 atom stereocenters. The molecule has 0 unspecified atom stereocenters. The predicted molar refractivity (Wildman–Crippen MR) is 88.8 cm³/mol. The summed E-state index contributed by atoms with van der Waals surface area (Å²) in [5, 5.41) is 14.1. The minimum atomic E-state index is -0.147. The van der Waals surface area contributed by atoms with E-state index in [4.69, 9.17) is 9.47 Å². The van der Waals surface area contributed by atoms with E-state index in [0.29, 0.717) is 24.4 Å². The molecule has 8 heteroatoms. The molecule has 1 aromatic carbocycles. The van der Waals surface area contributed by atoms with Crippen molar-refractivity contribution in [2.45, 2.75) is 6.42 Å². The van der Waals surface area contributed by atoms with Crippen molar-refractivity contribution in [3.05, 3.63) is 47.7 Å². The Labute approximate surface area is 143 Å². The van der Waals surface area contributed by atoms with Crippen LogP contribution in [0.3, 0.4) is 0 Å². The lowest BCUT2D eigenvalue weighted by atomic mass is 9.96. The number of carbonyl (C=O) groups is 1. The summed E-state index contributed by atoms with van der Waals surface area (Å²) in [4.78, 5) is 12.3. The van der Waals surface area contributed by atoms with E-state index in [9.17, 15) is 4.79 Å². The number of rotatable bonds is 4. The van der Waals surface area contributed by atoms with Crippen molar-refractivity contribution in [2.24, 2.45) is 5.92 Å². The van der Waals surface area contributed by atoms with Crippen LogP contribution in [0.5, 0.6) is 11.5 Å². The highest BCUT2D eigenvalue weighted by Crippen LogP contribution is 2.30. The lowest BCUT2D eigenvalue weighted by molar-refractivity contribution is 0.0939. The zero-order valence-electron chi connectivity index (χ0n) is 13.7. The van der Waals surface area contributed by atoms with Crippen molar-refractivity contribution in [3.63, 3.8) is 0 Å². The van der Waals surface area contributed by atoms with E-state index < -0.39 is 0 Å². The number of carbonyl (C=O) groups excluding carboxylic acids is 1. The molecule has 1 N–H and O–H groups in total. The summed E-state index contributed by atoms with van der Waals surface area (Å²) >= 11 is 0. The lowest BCUT2D eigenvalue weighted by Crippen LogP contribution is -2.34. The van der Waals surface area contributed by atoms with Crippen LogP contribution in [-0.2, 0) is 6.42 Å². The first-order valence-electron chi connectivity index (χ1n) is 7.98. The highest BCUT2D eigenvalue weighted by Gasteiger charge is 2.21. The van der Waals surface area contributed by atoms with Gasteiger partial charge in [0.25, 0.3) is 5.91 Å². The Morgan fingerprint density at radius 2 is 2.32 bits per heavy atom. The van der Waals surface area contributed by atoms with Gasteiger partial charge in [-0.1, -0.05) is 6.07 Å². The fourth-order valence-electron chi connectivity index (χ4n) is 2.89. The Kier molecular flexibility index (Phi) is 3.93. The van der Waals surface area contributed by atoms with E-state index in [1.54, 1.807) is 25.4 Å². The molecule has 3 heterocycles. The van der Waals surface area contributed by atoms with Crippen molar-refractivity contribution in [1.82, 2.24) is 25.4 Å². The fourth-order valence-corrected chi connectivity index (χ4v) is 2.89. The minimum Gasteiger partial charge on any atom is -0.497 e. The smallest absolute Gasteiger partial charge is 0.251 e. The minimum absolute atomic E-state index is 0.147. The van der Waals surface area contributed by atoms with Gasteiger partial charge in [0.05, 0.1) is 13.7 Å². The third kappa shape index (κ3) is 3.10. The number of pyridine rings is 1. The number of benzene rings is 1. The number of nitrogens with one attached hydrogen (secondary N) is 1. The number of nitrogens with zero attached hydrogens (tertiary/aromatic N) is 4. The molecule has 4 rings (SSSR count). The summed E-state index contributed by atoms with van der Waals surface area (Å²) < 4.78 is 12.5. The fraction of sp³-hybridized carbons (Fsp3) is 0.294. The number of hydrogen-bond donors (Lipinski definition) is 1. The molecule has 0 saturated heterocycles. The highest BCUT2D eigenvalue weighted by molar-refractivity contribution is 5.94. The maximum Gasteiger partial charge on any atom is 0.251 e. The van der Waals surface area contributed by atoms with Gasteiger partial charge in [-0.3, -0.25) is 4.79 Å². The van der Waals surface area contributed by atoms with Crippen LogP contribution in [0.1, 0.15) is 15.9 Å². The molecule has 3 aromatic rings. The largest absolute Gasteiger partial charge is 0.497 e. The van der Waals surface area contributed by atoms with Crippen LogP contribution in [0.15, 0.2) is 36.5 Å². The monoisotopic (exact) mass is 339 g/mol. The van der Waals surface area contributed by atoms with Crippen LogP contribution in [0.25, 0.3) is 5.65 Å². The molecule has 0 fully saturated rings. The van der Waals surface area contributed by atoms with Gasteiger partial charge in [0.15, 0.2) is 5.65 Å². The Morgan fingerprint density at radius 1 is 1.40 bits per heavy atom. The van der Waals surface area contributed by atoms with Crippen LogP contribution in [-0.4, -0.2) is 46.2 Å². The van der Waals surface area contributed by atoms with Crippen LogP contribution < -0.4 is 14.8 Å². The number of methoxy groups -OCH3 is 1. The highest BCUT2D eigenvalue weighted by atomic mass is 16.5. The summed E-state index contributed by atoms with van der Waals surface area (Å²) in [7, 11) is 1.63. The number of ether oxygens (including phenoxy) is 2. The maximum atomic E-state index is 12.3. The van der Waals surface area contributed by atoms with Crippen LogP contribution in [0.2, 0.25) is 0 Å². The summed E-state index contributed by atoms with van der Waals surface area (Å²) in [6, 6.07) is 9.18. The number of aromatic nitrogens is 4. The molecule has 0 radical (unpaired) electrons. The standard InChI is InChI=1S/C17H17N5O3/c1-24-14-3-2-12-6-11(10-25-15(12)8-14)9-18-17(23)13-4-5-22-16(7-13)19-20-21-22/h2-5,7-8,11H,6,9-10H2,1H3,(H,18,23)/t11-/m0/s1. The summed E-state index contributed by atoms with van der Waals surface area (Å²) in [6.45, 7) is 1.11. The van der Waals surface area contributed by atoms with E-state index in [2.05, 4.69) is 20.8 Å². The molecule has 128 valence electrons. The van der Waals surface area contributed by atoms with Crippen molar-refractivity contribution in [1.29, 1.82) is 0 Å². The molecule has 8 nitrogen and oxygen atoms in total. The molecule has 0 saturated carbocycles. The topological polar surface area (TPSA) is 90.6 Å². The molecule has 0 aliphatic carbocycles. The zero-order valence-corrected chi connectivity index (χ0v) is 13.7. The molecule has 1 aliphatic heterocycles. The van der Waals surface area contributed by atoms with E-state index in [1.165, 1.54) is 4.52 Å². The van der Waals surface area contributed by atoms with Gasteiger partial charge in [-0.2, -0.15) is 0 Å². The van der Waals surface area contributed by atoms with Gasteiger partial charge < -0.3 is 14.8 Å². The Balaban J connectivity index is 1.38. The lowest BCUT2D eigenvalue weighted by Gasteiger charge is -2.25. The molecule has 25 heavy (non-hydrogen) atoms. The molecule has 0 bridgehead atoms. The van der Waals surface area contributed by atoms with Gasteiger partial charge >= 0.3 is 0 Å². The number of tetrazole rings is 1. The third-order valence-electron chi connectivity index (χ3n) is 4.27. The van der Waals surface area contributed by atoms with E-state index in [-0.39, 0.29) is 11.8 Å². The van der Waals surface area contributed by atoms with Gasteiger partial charge in [-0.05, 0) is 40.6 Å².